The third kappa shape index (κ3) is 3.66. The Morgan fingerprint density at radius 3 is 2.73 bits per heavy atom. The Bertz CT molecular complexity index is 346. The van der Waals surface area contributed by atoms with Crippen LogP contribution in [0.2, 0.25) is 5.02 Å². The topological polar surface area (TPSA) is 0 Å². The monoisotopic (exact) mass is 286 g/mol. The van der Waals surface area contributed by atoms with Gasteiger partial charge in [0, 0.05) is 9.85 Å². The smallest absolute Gasteiger partial charge is 0.0408 e. The summed E-state index contributed by atoms with van der Waals surface area (Å²) >= 11 is 9.51. The van der Waals surface area contributed by atoms with Gasteiger partial charge in [-0.1, -0.05) is 46.6 Å². The number of benzene rings is 1. The number of allylic oxidation sites excluding steroid dienone is 1. The van der Waals surface area contributed by atoms with Crippen LogP contribution in [0.5, 0.6) is 0 Å². The van der Waals surface area contributed by atoms with Gasteiger partial charge < -0.3 is 0 Å². The average Bonchev–Trinajstić information content (AvgIpc) is 2.20. The Morgan fingerprint density at radius 2 is 2.20 bits per heavy atom. The minimum atomic E-state index is 0.368. The zero-order valence-electron chi connectivity index (χ0n) is 9.13. The minimum Gasteiger partial charge on any atom is -0.102 e. The molecule has 0 aliphatic rings. The summed E-state index contributed by atoms with van der Waals surface area (Å²) in [4.78, 5) is 0.368. The molecule has 1 aromatic rings. The molecule has 0 aliphatic heterocycles. The number of aryl methyl sites for hydroxylation is 1. The zero-order chi connectivity index (χ0) is 11.4. The minimum absolute atomic E-state index is 0.368. The highest BCUT2D eigenvalue weighted by Gasteiger charge is 2.12. The molecule has 2 unspecified atom stereocenters. The van der Waals surface area contributed by atoms with Crippen molar-refractivity contribution in [3.8, 4) is 0 Å². The molecule has 0 aliphatic carbocycles. The number of hydrogen-bond donors (Lipinski definition) is 0. The first-order valence-electron chi connectivity index (χ1n) is 5.06. The normalized spacial score (nSPS) is 14.7. The van der Waals surface area contributed by atoms with Crippen molar-refractivity contribution in [2.75, 3.05) is 0 Å². The van der Waals surface area contributed by atoms with Crippen LogP contribution in [0.15, 0.2) is 30.9 Å². The van der Waals surface area contributed by atoms with Crippen molar-refractivity contribution in [2.45, 2.75) is 25.1 Å². The molecule has 0 radical (unpaired) electrons. The quantitative estimate of drug-likeness (QED) is 0.552. The van der Waals surface area contributed by atoms with E-state index >= 15 is 0 Å². The molecule has 0 amide bonds. The number of alkyl halides is 1. The van der Waals surface area contributed by atoms with Crippen LogP contribution in [-0.4, -0.2) is 4.83 Å². The Balaban J connectivity index is 2.76. The van der Waals surface area contributed by atoms with Crippen molar-refractivity contribution >= 4 is 27.5 Å². The van der Waals surface area contributed by atoms with Crippen molar-refractivity contribution < 1.29 is 0 Å². The summed E-state index contributed by atoms with van der Waals surface area (Å²) < 4.78 is 0. The maximum Gasteiger partial charge on any atom is 0.0408 e. The van der Waals surface area contributed by atoms with E-state index in [2.05, 4.69) is 42.4 Å². The van der Waals surface area contributed by atoms with E-state index in [-0.39, 0.29) is 0 Å². The zero-order valence-corrected chi connectivity index (χ0v) is 11.5. The fourth-order valence-corrected chi connectivity index (χ4v) is 1.99. The second-order valence-corrected chi connectivity index (χ2v) is 5.43. The Labute approximate surface area is 105 Å². The molecule has 1 aromatic carbocycles. The SMILES string of the molecule is C=CC(Br)C(C)Cc1ccc(Cl)cc1C. The van der Waals surface area contributed by atoms with Crippen LogP contribution < -0.4 is 0 Å². The molecule has 0 aromatic heterocycles. The average molecular weight is 288 g/mol. The number of halogens is 2. The Morgan fingerprint density at radius 1 is 1.53 bits per heavy atom. The van der Waals surface area contributed by atoms with E-state index in [4.69, 9.17) is 11.6 Å². The van der Waals surface area contributed by atoms with Crippen LogP contribution in [0.1, 0.15) is 18.1 Å². The van der Waals surface area contributed by atoms with E-state index in [0.29, 0.717) is 10.7 Å². The fraction of sp³-hybridized carbons (Fsp3) is 0.385. The van der Waals surface area contributed by atoms with Crippen LogP contribution >= 0.6 is 27.5 Å². The molecule has 2 heteroatoms. The van der Waals surface area contributed by atoms with Gasteiger partial charge >= 0.3 is 0 Å². The molecule has 0 nitrogen and oxygen atoms in total. The molecule has 0 fully saturated rings. The van der Waals surface area contributed by atoms with E-state index < -0.39 is 0 Å². The lowest BCUT2D eigenvalue weighted by Crippen LogP contribution is -2.11. The summed E-state index contributed by atoms with van der Waals surface area (Å²) in [6, 6.07) is 6.07. The van der Waals surface area contributed by atoms with E-state index in [1.807, 2.05) is 18.2 Å². The van der Waals surface area contributed by atoms with Crippen LogP contribution in [0.4, 0.5) is 0 Å². The second-order valence-electron chi connectivity index (χ2n) is 3.93. The van der Waals surface area contributed by atoms with Gasteiger partial charge in [-0.15, -0.1) is 6.58 Å². The molecule has 2 atom stereocenters. The third-order valence-electron chi connectivity index (χ3n) is 2.62. The molecule has 15 heavy (non-hydrogen) atoms. The highest BCUT2D eigenvalue weighted by Crippen LogP contribution is 2.22. The van der Waals surface area contributed by atoms with Gasteiger partial charge in [0.15, 0.2) is 0 Å². The molecular weight excluding hydrogens is 272 g/mol. The van der Waals surface area contributed by atoms with Crippen molar-refractivity contribution in [2.24, 2.45) is 5.92 Å². The van der Waals surface area contributed by atoms with Gasteiger partial charge in [0.05, 0.1) is 0 Å². The lowest BCUT2D eigenvalue weighted by atomic mass is 9.95. The van der Waals surface area contributed by atoms with Gasteiger partial charge in [-0.05, 0) is 42.5 Å². The van der Waals surface area contributed by atoms with Gasteiger partial charge in [-0.25, -0.2) is 0 Å². The Kier molecular flexibility index (Phi) is 4.88. The van der Waals surface area contributed by atoms with Crippen LogP contribution in [0, 0.1) is 12.8 Å². The molecule has 0 saturated heterocycles. The highest BCUT2D eigenvalue weighted by atomic mass is 79.9. The van der Waals surface area contributed by atoms with E-state index in [1.54, 1.807) is 0 Å². The molecule has 1 rings (SSSR count). The molecule has 82 valence electrons. The highest BCUT2D eigenvalue weighted by molar-refractivity contribution is 9.09. The van der Waals surface area contributed by atoms with Crippen molar-refractivity contribution in [1.29, 1.82) is 0 Å². The summed E-state index contributed by atoms with van der Waals surface area (Å²) in [6.45, 7) is 8.11. The van der Waals surface area contributed by atoms with Crippen LogP contribution in [0.3, 0.4) is 0 Å². The van der Waals surface area contributed by atoms with E-state index in [9.17, 15) is 0 Å². The fourth-order valence-electron chi connectivity index (χ4n) is 1.58. The first kappa shape index (κ1) is 12.8. The summed E-state index contributed by atoms with van der Waals surface area (Å²) in [5.74, 6) is 0.544. The van der Waals surface area contributed by atoms with Crippen LogP contribution in [-0.2, 0) is 6.42 Å². The largest absolute Gasteiger partial charge is 0.102 e. The van der Waals surface area contributed by atoms with Crippen molar-refractivity contribution in [1.82, 2.24) is 0 Å². The summed E-state index contributed by atoms with van der Waals surface area (Å²) in [7, 11) is 0. The predicted molar refractivity (Wildman–Crippen MR) is 72.0 cm³/mol. The third-order valence-corrected chi connectivity index (χ3v) is 4.13. The standard InChI is InChI=1S/C13H16BrCl/c1-4-13(14)10(3)7-11-5-6-12(15)8-9(11)2/h4-6,8,10,13H,1,7H2,2-3H3. The summed E-state index contributed by atoms with van der Waals surface area (Å²) in [6.07, 6.45) is 2.99. The summed E-state index contributed by atoms with van der Waals surface area (Å²) in [5.41, 5.74) is 2.62. The molecule has 0 bridgehead atoms. The Hall–Kier alpha value is -0.270. The van der Waals surface area contributed by atoms with E-state index in [1.165, 1.54) is 11.1 Å². The molecular formula is C13H16BrCl. The van der Waals surface area contributed by atoms with Crippen molar-refractivity contribution in [3.63, 3.8) is 0 Å². The lowest BCUT2D eigenvalue weighted by molar-refractivity contribution is 0.607. The maximum atomic E-state index is 5.92. The maximum absolute atomic E-state index is 5.92. The first-order valence-corrected chi connectivity index (χ1v) is 6.35. The van der Waals surface area contributed by atoms with Gasteiger partial charge in [0.1, 0.15) is 0 Å². The second kappa shape index (κ2) is 5.72. The van der Waals surface area contributed by atoms with E-state index in [0.717, 1.165) is 11.4 Å². The van der Waals surface area contributed by atoms with Gasteiger partial charge in [0.25, 0.3) is 0 Å². The number of hydrogen-bond acceptors (Lipinski definition) is 0. The van der Waals surface area contributed by atoms with Crippen LogP contribution in [0.25, 0.3) is 0 Å². The molecule has 0 spiro atoms. The van der Waals surface area contributed by atoms with Gasteiger partial charge in [-0.2, -0.15) is 0 Å². The van der Waals surface area contributed by atoms with Crippen molar-refractivity contribution in [3.05, 3.63) is 47.0 Å². The van der Waals surface area contributed by atoms with Gasteiger partial charge in [-0.3, -0.25) is 0 Å². The molecule has 0 saturated carbocycles. The first-order chi connectivity index (χ1) is 7.04. The number of rotatable bonds is 4. The molecule has 0 N–H and O–H groups in total. The predicted octanol–water partition coefficient (Wildman–Crippen LogP) is 4.78. The summed E-state index contributed by atoms with van der Waals surface area (Å²) in [5, 5.41) is 0.808. The molecule has 0 heterocycles. The van der Waals surface area contributed by atoms with Gasteiger partial charge in [0.2, 0.25) is 0 Å². The lowest BCUT2D eigenvalue weighted by Gasteiger charge is -2.16.